The molecule has 78 valence electrons. The molecule has 1 saturated heterocycles. The first kappa shape index (κ1) is 9.64. The second-order valence-corrected chi connectivity index (χ2v) is 3.42. The lowest BCUT2D eigenvalue weighted by Gasteiger charge is -2.27. The molecule has 0 spiro atoms. The number of aromatic nitrogens is 1. The van der Waals surface area contributed by atoms with E-state index in [0.717, 1.165) is 5.56 Å². The number of anilines is 1. The molecule has 2 amide bonds. The number of nitrogens with one attached hydrogen (secondary N) is 1. The van der Waals surface area contributed by atoms with Crippen LogP contribution >= 0.6 is 0 Å². The van der Waals surface area contributed by atoms with Crippen LogP contribution in [0.4, 0.5) is 5.69 Å². The maximum Gasteiger partial charge on any atom is 0.246 e. The van der Waals surface area contributed by atoms with Gasteiger partial charge < -0.3 is 5.32 Å². The third-order valence-electron chi connectivity index (χ3n) is 2.34. The molecule has 2 heterocycles. The summed E-state index contributed by atoms with van der Waals surface area (Å²) in [5, 5.41) is 2.50. The average Bonchev–Trinajstić information content (AvgIpc) is 2.23. The summed E-state index contributed by atoms with van der Waals surface area (Å²) in [6, 6.07) is 1.81. The standard InChI is InChI=1S/C10H11N3O2/c1-7-2-3-11-4-8(7)13-6-9(14)12-5-10(13)15/h2-4H,5-6H2,1H3,(H,12,14). The molecule has 0 aliphatic carbocycles. The van der Waals surface area contributed by atoms with E-state index in [9.17, 15) is 9.59 Å². The first-order valence-electron chi connectivity index (χ1n) is 4.66. The number of hydrogen-bond acceptors (Lipinski definition) is 3. The maximum atomic E-state index is 11.6. The monoisotopic (exact) mass is 205 g/mol. The number of carbonyl (C=O) groups excluding carboxylic acids is 2. The molecule has 1 aliphatic rings. The highest BCUT2D eigenvalue weighted by Crippen LogP contribution is 2.18. The van der Waals surface area contributed by atoms with Crippen molar-refractivity contribution in [1.82, 2.24) is 10.3 Å². The third kappa shape index (κ3) is 1.81. The highest BCUT2D eigenvalue weighted by molar-refractivity contribution is 6.04. The van der Waals surface area contributed by atoms with Crippen LogP contribution < -0.4 is 10.2 Å². The van der Waals surface area contributed by atoms with Gasteiger partial charge in [-0.3, -0.25) is 19.5 Å². The Morgan fingerprint density at radius 2 is 2.27 bits per heavy atom. The van der Waals surface area contributed by atoms with Gasteiger partial charge in [-0.1, -0.05) is 0 Å². The number of aryl methyl sites for hydroxylation is 1. The van der Waals surface area contributed by atoms with Gasteiger partial charge in [-0.2, -0.15) is 0 Å². The van der Waals surface area contributed by atoms with Crippen molar-refractivity contribution in [2.45, 2.75) is 6.92 Å². The van der Waals surface area contributed by atoms with E-state index in [1.54, 1.807) is 12.4 Å². The van der Waals surface area contributed by atoms with E-state index in [1.165, 1.54) is 4.90 Å². The summed E-state index contributed by atoms with van der Waals surface area (Å²) in [5.74, 6) is -0.247. The number of hydrogen-bond donors (Lipinski definition) is 1. The van der Waals surface area contributed by atoms with Gasteiger partial charge in [0.15, 0.2) is 0 Å². The predicted octanol–water partition coefficient (Wildman–Crippen LogP) is -0.147. The summed E-state index contributed by atoms with van der Waals surface area (Å²) < 4.78 is 0. The van der Waals surface area contributed by atoms with Crippen molar-refractivity contribution in [3.05, 3.63) is 24.0 Å². The lowest BCUT2D eigenvalue weighted by molar-refractivity contribution is -0.128. The normalized spacial score (nSPS) is 16.5. The zero-order chi connectivity index (χ0) is 10.8. The number of nitrogens with zero attached hydrogens (tertiary/aromatic N) is 2. The summed E-state index contributed by atoms with van der Waals surface area (Å²) in [6.45, 7) is 2.02. The summed E-state index contributed by atoms with van der Waals surface area (Å²) >= 11 is 0. The van der Waals surface area contributed by atoms with Crippen LogP contribution in [0.5, 0.6) is 0 Å². The van der Waals surface area contributed by atoms with Crippen LogP contribution in [-0.4, -0.2) is 29.9 Å². The fourth-order valence-corrected chi connectivity index (χ4v) is 1.52. The van der Waals surface area contributed by atoms with Gasteiger partial charge in [-0.25, -0.2) is 0 Å². The van der Waals surface area contributed by atoms with E-state index < -0.39 is 0 Å². The van der Waals surface area contributed by atoms with Crippen LogP contribution in [0.3, 0.4) is 0 Å². The lowest BCUT2D eigenvalue weighted by Crippen LogP contribution is -2.52. The quantitative estimate of drug-likeness (QED) is 0.693. The Morgan fingerprint density at radius 1 is 1.47 bits per heavy atom. The molecule has 15 heavy (non-hydrogen) atoms. The van der Waals surface area contributed by atoms with Crippen molar-refractivity contribution < 1.29 is 9.59 Å². The van der Waals surface area contributed by atoms with Gasteiger partial charge in [0.1, 0.15) is 6.54 Å². The Labute approximate surface area is 87.1 Å². The van der Waals surface area contributed by atoms with E-state index >= 15 is 0 Å². The summed E-state index contributed by atoms with van der Waals surface area (Å²) in [5.41, 5.74) is 1.64. The SMILES string of the molecule is Cc1ccncc1N1CC(=O)NCC1=O. The molecule has 1 aromatic rings. The zero-order valence-corrected chi connectivity index (χ0v) is 8.36. The Hall–Kier alpha value is -1.91. The molecule has 1 aromatic heterocycles. The molecule has 0 bridgehead atoms. The molecule has 5 nitrogen and oxygen atoms in total. The first-order chi connectivity index (χ1) is 7.18. The Morgan fingerprint density at radius 3 is 3.00 bits per heavy atom. The fraction of sp³-hybridized carbons (Fsp3) is 0.300. The van der Waals surface area contributed by atoms with Gasteiger partial charge in [-0.15, -0.1) is 0 Å². The van der Waals surface area contributed by atoms with Gasteiger partial charge in [0, 0.05) is 6.20 Å². The Balaban J connectivity index is 2.33. The molecule has 1 fully saturated rings. The molecule has 1 aliphatic heterocycles. The molecular formula is C10H11N3O2. The van der Waals surface area contributed by atoms with Crippen molar-refractivity contribution >= 4 is 17.5 Å². The van der Waals surface area contributed by atoms with Gasteiger partial charge >= 0.3 is 0 Å². The smallest absolute Gasteiger partial charge is 0.246 e. The third-order valence-corrected chi connectivity index (χ3v) is 2.34. The van der Waals surface area contributed by atoms with Crippen molar-refractivity contribution in [2.24, 2.45) is 0 Å². The van der Waals surface area contributed by atoms with Gasteiger partial charge in [-0.05, 0) is 18.6 Å². The van der Waals surface area contributed by atoms with E-state index in [-0.39, 0.29) is 24.9 Å². The van der Waals surface area contributed by atoms with Crippen molar-refractivity contribution in [3.8, 4) is 0 Å². The summed E-state index contributed by atoms with van der Waals surface area (Å²) in [4.78, 5) is 28.2. The number of pyridine rings is 1. The van der Waals surface area contributed by atoms with Gasteiger partial charge in [0.25, 0.3) is 0 Å². The van der Waals surface area contributed by atoms with Crippen molar-refractivity contribution in [2.75, 3.05) is 18.0 Å². The van der Waals surface area contributed by atoms with E-state index in [2.05, 4.69) is 10.3 Å². The number of rotatable bonds is 1. The molecule has 0 saturated carbocycles. The highest BCUT2D eigenvalue weighted by Gasteiger charge is 2.25. The molecule has 0 aromatic carbocycles. The highest BCUT2D eigenvalue weighted by atomic mass is 16.2. The topological polar surface area (TPSA) is 62.3 Å². The second kappa shape index (κ2) is 3.68. The zero-order valence-electron chi connectivity index (χ0n) is 8.36. The first-order valence-corrected chi connectivity index (χ1v) is 4.66. The van der Waals surface area contributed by atoms with Crippen LogP contribution in [-0.2, 0) is 9.59 Å². The number of piperazine rings is 1. The average molecular weight is 205 g/mol. The molecule has 2 rings (SSSR count). The van der Waals surface area contributed by atoms with Crippen LogP contribution in [0.1, 0.15) is 5.56 Å². The Bertz CT molecular complexity index is 417. The van der Waals surface area contributed by atoms with Gasteiger partial charge in [0.05, 0.1) is 18.4 Å². The van der Waals surface area contributed by atoms with Crippen LogP contribution in [0.2, 0.25) is 0 Å². The van der Waals surface area contributed by atoms with Crippen LogP contribution in [0.25, 0.3) is 0 Å². The fourth-order valence-electron chi connectivity index (χ4n) is 1.52. The summed E-state index contributed by atoms with van der Waals surface area (Å²) in [7, 11) is 0. The predicted molar refractivity (Wildman–Crippen MR) is 54.3 cm³/mol. The lowest BCUT2D eigenvalue weighted by atomic mass is 10.2. The molecule has 5 heteroatoms. The molecule has 1 N–H and O–H groups in total. The van der Waals surface area contributed by atoms with E-state index in [4.69, 9.17) is 0 Å². The molecular weight excluding hydrogens is 194 g/mol. The maximum absolute atomic E-state index is 11.6. The largest absolute Gasteiger partial charge is 0.345 e. The molecule has 0 radical (unpaired) electrons. The van der Waals surface area contributed by atoms with Crippen LogP contribution in [0.15, 0.2) is 18.5 Å². The van der Waals surface area contributed by atoms with Crippen molar-refractivity contribution in [3.63, 3.8) is 0 Å². The van der Waals surface area contributed by atoms with Crippen molar-refractivity contribution in [1.29, 1.82) is 0 Å². The number of carbonyl (C=O) groups is 2. The van der Waals surface area contributed by atoms with E-state index in [0.29, 0.717) is 5.69 Å². The number of amides is 2. The molecule has 0 atom stereocenters. The van der Waals surface area contributed by atoms with E-state index in [1.807, 2.05) is 13.0 Å². The minimum atomic E-state index is -0.141. The summed E-state index contributed by atoms with van der Waals surface area (Å²) in [6.07, 6.45) is 3.26. The second-order valence-electron chi connectivity index (χ2n) is 3.42. The minimum Gasteiger partial charge on any atom is -0.345 e. The minimum absolute atomic E-state index is 0.0627. The molecule has 0 unspecified atom stereocenters. The van der Waals surface area contributed by atoms with Crippen LogP contribution in [0, 0.1) is 6.92 Å². The Kier molecular flexibility index (Phi) is 2.37. The van der Waals surface area contributed by atoms with Gasteiger partial charge in [0.2, 0.25) is 11.8 Å².